The van der Waals surface area contributed by atoms with Gasteiger partial charge in [-0.2, -0.15) is 0 Å². The van der Waals surface area contributed by atoms with Crippen LogP contribution in [0.3, 0.4) is 0 Å². The minimum Gasteiger partial charge on any atom is -0.481 e. The first-order valence-corrected chi connectivity index (χ1v) is 8.01. The molecule has 0 fully saturated rings. The molecule has 1 N–H and O–H groups in total. The molecule has 20 heavy (non-hydrogen) atoms. The number of hydrogen-bond donors (Lipinski definition) is 1. The van der Waals surface area contributed by atoms with Crippen LogP contribution in [0.5, 0.6) is 0 Å². The van der Waals surface area contributed by atoms with Crippen molar-refractivity contribution in [3.8, 4) is 0 Å². The maximum absolute atomic E-state index is 10.4. The van der Waals surface area contributed by atoms with E-state index in [1.807, 2.05) is 0 Å². The Morgan fingerprint density at radius 2 is 1.50 bits per heavy atom. The van der Waals surface area contributed by atoms with E-state index in [2.05, 4.69) is 19.1 Å². The predicted octanol–water partition coefficient (Wildman–Crippen LogP) is 4.98. The fraction of sp³-hybridized carbons (Fsp3) is 0.706. The molecule has 0 aliphatic rings. The van der Waals surface area contributed by atoms with E-state index in [0.29, 0.717) is 6.42 Å². The summed E-state index contributed by atoms with van der Waals surface area (Å²) >= 11 is 0. The number of hydrogen-bond acceptors (Lipinski definition) is 2. The number of carboxylic acid groups (broad SMARTS) is 1. The number of carbonyl (C=O) groups is 1. The van der Waals surface area contributed by atoms with E-state index < -0.39 is 5.97 Å². The fourth-order valence-corrected chi connectivity index (χ4v) is 2.35. The van der Waals surface area contributed by atoms with Crippen LogP contribution in [0.4, 0.5) is 0 Å². The molecule has 0 aliphatic carbocycles. The zero-order valence-corrected chi connectivity index (χ0v) is 12.7. The highest BCUT2D eigenvalue weighted by molar-refractivity contribution is 5.66. The third-order valence-corrected chi connectivity index (χ3v) is 3.56. The number of aryl methyl sites for hydroxylation is 2. The number of unbranched alkanes of at least 4 members (excludes halogenated alkanes) is 6. The van der Waals surface area contributed by atoms with E-state index in [4.69, 9.17) is 9.52 Å². The Hall–Kier alpha value is -1.25. The molecular weight excluding hydrogens is 252 g/mol. The summed E-state index contributed by atoms with van der Waals surface area (Å²) in [6, 6.07) is 4.19. The Kier molecular flexibility index (Phi) is 8.84. The molecule has 0 atom stereocenters. The van der Waals surface area contributed by atoms with E-state index in [1.165, 1.54) is 25.7 Å². The van der Waals surface area contributed by atoms with Crippen LogP contribution in [-0.4, -0.2) is 11.1 Å². The van der Waals surface area contributed by atoms with Gasteiger partial charge in [-0.25, -0.2) is 0 Å². The van der Waals surface area contributed by atoms with Crippen molar-refractivity contribution in [1.29, 1.82) is 0 Å². The van der Waals surface area contributed by atoms with Gasteiger partial charge in [-0.05, 0) is 31.4 Å². The fourth-order valence-electron chi connectivity index (χ4n) is 2.35. The summed E-state index contributed by atoms with van der Waals surface area (Å²) < 4.78 is 5.81. The van der Waals surface area contributed by atoms with Gasteiger partial charge in [0.25, 0.3) is 0 Å². The molecular formula is C17H28O3. The van der Waals surface area contributed by atoms with Crippen LogP contribution < -0.4 is 0 Å². The molecule has 1 aromatic heterocycles. The van der Waals surface area contributed by atoms with E-state index in [9.17, 15) is 4.79 Å². The normalized spacial score (nSPS) is 10.8. The number of rotatable bonds is 12. The molecule has 0 amide bonds. The molecule has 114 valence electrons. The van der Waals surface area contributed by atoms with E-state index in [1.54, 1.807) is 0 Å². The maximum atomic E-state index is 10.4. The second kappa shape index (κ2) is 10.5. The summed E-state index contributed by atoms with van der Waals surface area (Å²) in [5.41, 5.74) is 0. The van der Waals surface area contributed by atoms with Gasteiger partial charge in [-0.15, -0.1) is 0 Å². The molecule has 0 saturated carbocycles. The molecule has 3 nitrogen and oxygen atoms in total. The summed E-state index contributed by atoms with van der Waals surface area (Å²) in [6.45, 7) is 2.22. The summed E-state index contributed by atoms with van der Waals surface area (Å²) in [6.07, 6.45) is 11.4. The SMILES string of the molecule is CCCCCCc1ccc(CCCCCCC(=O)O)o1. The largest absolute Gasteiger partial charge is 0.481 e. The van der Waals surface area contributed by atoms with E-state index >= 15 is 0 Å². The molecule has 0 saturated heterocycles. The lowest BCUT2D eigenvalue weighted by Gasteiger charge is -1.99. The first-order chi connectivity index (χ1) is 9.72. The van der Waals surface area contributed by atoms with Gasteiger partial charge in [0.1, 0.15) is 11.5 Å². The highest BCUT2D eigenvalue weighted by Crippen LogP contribution is 2.15. The quantitative estimate of drug-likeness (QED) is 0.549. The predicted molar refractivity (Wildman–Crippen MR) is 81.0 cm³/mol. The Morgan fingerprint density at radius 3 is 2.05 bits per heavy atom. The summed E-state index contributed by atoms with van der Waals surface area (Å²) in [4.78, 5) is 10.4. The average molecular weight is 280 g/mol. The number of carboxylic acids is 1. The highest BCUT2D eigenvalue weighted by Gasteiger charge is 2.02. The van der Waals surface area contributed by atoms with Gasteiger partial charge in [-0.3, -0.25) is 4.79 Å². The van der Waals surface area contributed by atoms with E-state index in [0.717, 1.165) is 50.0 Å². The topological polar surface area (TPSA) is 50.4 Å². The third-order valence-electron chi connectivity index (χ3n) is 3.56. The molecule has 0 aromatic carbocycles. The van der Waals surface area contributed by atoms with Gasteiger partial charge >= 0.3 is 5.97 Å². The van der Waals surface area contributed by atoms with Crippen molar-refractivity contribution in [2.75, 3.05) is 0 Å². The molecule has 1 aromatic rings. The zero-order valence-electron chi connectivity index (χ0n) is 12.7. The zero-order chi connectivity index (χ0) is 14.6. The van der Waals surface area contributed by atoms with Gasteiger partial charge < -0.3 is 9.52 Å². The Balaban J connectivity index is 2.06. The van der Waals surface area contributed by atoms with Crippen LogP contribution in [0.25, 0.3) is 0 Å². The van der Waals surface area contributed by atoms with Crippen LogP contribution in [0, 0.1) is 0 Å². The van der Waals surface area contributed by atoms with Gasteiger partial charge in [0.15, 0.2) is 0 Å². The third kappa shape index (κ3) is 8.03. The Bertz CT molecular complexity index is 368. The molecule has 0 aliphatic heterocycles. The number of aliphatic carboxylic acids is 1. The van der Waals surface area contributed by atoms with Crippen LogP contribution >= 0.6 is 0 Å². The van der Waals surface area contributed by atoms with Crippen molar-refractivity contribution in [3.63, 3.8) is 0 Å². The van der Waals surface area contributed by atoms with Crippen LogP contribution in [0.2, 0.25) is 0 Å². The van der Waals surface area contributed by atoms with Gasteiger partial charge in [0, 0.05) is 19.3 Å². The molecule has 0 spiro atoms. The van der Waals surface area contributed by atoms with Crippen molar-refractivity contribution >= 4 is 5.97 Å². The molecule has 1 rings (SSSR count). The maximum Gasteiger partial charge on any atom is 0.303 e. The van der Waals surface area contributed by atoms with Crippen molar-refractivity contribution in [3.05, 3.63) is 23.7 Å². The monoisotopic (exact) mass is 280 g/mol. The first kappa shape index (κ1) is 16.8. The summed E-state index contributed by atoms with van der Waals surface area (Å²) in [5, 5.41) is 8.54. The summed E-state index contributed by atoms with van der Waals surface area (Å²) in [7, 11) is 0. The standard InChI is InChI=1S/C17H28O3/c1-2-3-4-7-10-15-13-14-16(20-15)11-8-5-6-9-12-17(18)19/h13-14H,2-12H2,1H3,(H,18,19). The second-order valence-corrected chi connectivity index (χ2v) is 5.49. The van der Waals surface area contributed by atoms with Crippen LogP contribution in [0.1, 0.15) is 76.2 Å². The van der Waals surface area contributed by atoms with Crippen LogP contribution in [0.15, 0.2) is 16.5 Å². The second-order valence-electron chi connectivity index (χ2n) is 5.49. The minimum absolute atomic E-state index is 0.294. The average Bonchev–Trinajstić information content (AvgIpc) is 2.86. The first-order valence-electron chi connectivity index (χ1n) is 8.01. The van der Waals surface area contributed by atoms with Gasteiger partial charge in [0.2, 0.25) is 0 Å². The molecule has 3 heteroatoms. The van der Waals surface area contributed by atoms with E-state index in [-0.39, 0.29) is 0 Å². The molecule has 0 bridgehead atoms. The molecule has 1 heterocycles. The van der Waals surface area contributed by atoms with Gasteiger partial charge in [-0.1, -0.05) is 39.0 Å². The van der Waals surface area contributed by atoms with Crippen molar-refractivity contribution in [2.24, 2.45) is 0 Å². The van der Waals surface area contributed by atoms with Crippen molar-refractivity contribution < 1.29 is 14.3 Å². The highest BCUT2D eigenvalue weighted by atomic mass is 16.4. The smallest absolute Gasteiger partial charge is 0.303 e. The van der Waals surface area contributed by atoms with Crippen LogP contribution in [-0.2, 0) is 17.6 Å². The number of furan rings is 1. The van der Waals surface area contributed by atoms with Crippen molar-refractivity contribution in [1.82, 2.24) is 0 Å². The minimum atomic E-state index is -0.691. The summed E-state index contributed by atoms with van der Waals surface area (Å²) in [5.74, 6) is 1.50. The Morgan fingerprint density at radius 1 is 0.950 bits per heavy atom. The lowest BCUT2D eigenvalue weighted by molar-refractivity contribution is -0.137. The lowest BCUT2D eigenvalue weighted by Crippen LogP contribution is -1.93. The molecule has 0 unspecified atom stereocenters. The van der Waals surface area contributed by atoms with Gasteiger partial charge in [0.05, 0.1) is 0 Å². The Labute approximate surface area is 122 Å². The van der Waals surface area contributed by atoms with Crippen molar-refractivity contribution in [2.45, 2.75) is 77.6 Å². The lowest BCUT2D eigenvalue weighted by atomic mass is 10.1. The molecule has 0 radical (unpaired) electrons.